The van der Waals surface area contributed by atoms with Crippen molar-refractivity contribution in [3.63, 3.8) is 0 Å². The molecule has 0 bridgehead atoms. The summed E-state index contributed by atoms with van der Waals surface area (Å²) >= 11 is 16.3. The van der Waals surface area contributed by atoms with Crippen LogP contribution in [0.5, 0.6) is 0 Å². The van der Waals surface area contributed by atoms with Crippen LogP contribution in [-0.2, 0) is 0 Å². The molecule has 0 fully saturated rings. The highest BCUT2D eigenvalue weighted by molar-refractivity contribution is 8.00. The highest BCUT2D eigenvalue weighted by Gasteiger charge is 2.33. The molecule has 0 aromatic heterocycles. The van der Waals surface area contributed by atoms with Gasteiger partial charge in [0.05, 0.1) is 10.2 Å². The predicted molar refractivity (Wildman–Crippen MR) is 65.0 cm³/mol. The quantitative estimate of drug-likeness (QED) is 0.316. The van der Waals surface area contributed by atoms with E-state index in [9.17, 15) is 5.11 Å². The second-order valence-corrected chi connectivity index (χ2v) is 5.52. The Bertz CT molecular complexity index is 131. The Morgan fingerprint density at radius 3 is 2.17 bits per heavy atom. The molecule has 0 radical (unpaired) electrons. The number of hydrogen-bond donors (Lipinski definition) is 6. The van der Waals surface area contributed by atoms with Crippen molar-refractivity contribution in [3.8, 4) is 0 Å². The molecule has 0 spiro atoms. The third-order valence-corrected chi connectivity index (χ3v) is 3.63. The van der Waals surface area contributed by atoms with Crippen LogP contribution in [0.2, 0.25) is 0 Å². The van der Waals surface area contributed by atoms with Crippen LogP contribution in [-0.4, -0.2) is 38.0 Å². The maximum atomic E-state index is 9.59. The predicted octanol–water partition coefficient (Wildman–Crippen LogP) is 0.514. The average Bonchev–Trinajstić information content (AvgIpc) is 2.01. The lowest BCUT2D eigenvalue weighted by atomic mass is 10.1. The van der Waals surface area contributed by atoms with Crippen molar-refractivity contribution in [2.45, 2.75) is 21.9 Å². The molecule has 2 atom stereocenters. The van der Waals surface area contributed by atoms with Gasteiger partial charge in [-0.05, 0) is 6.42 Å². The van der Waals surface area contributed by atoms with E-state index in [4.69, 9.17) is 5.11 Å². The number of aliphatic hydroxyl groups is 2. The topological polar surface area (TPSA) is 40.5 Å². The van der Waals surface area contributed by atoms with Gasteiger partial charge in [-0.25, -0.2) is 0 Å². The molecule has 12 heavy (non-hydrogen) atoms. The lowest BCUT2D eigenvalue weighted by molar-refractivity contribution is 0.149. The van der Waals surface area contributed by atoms with Crippen LogP contribution in [0.15, 0.2) is 0 Å². The van der Waals surface area contributed by atoms with Crippen molar-refractivity contribution in [2.24, 2.45) is 0 Å². The first-order chi connectivity index (χ1) is 5.45. The van der Waals surface area contributed by atoms with Gasteiger partial charge in [0.25, 0.3) is 0 Å². The largest absolute Gasteiger partial charge is 0.396 e. The van der Waals surface area contributed by atoms with Crippen LogP contribution in [0, 0.1) is 0 Å². The van der Waals surface area contributed by atoms with Gasteiger partial charge in [0.1, 0.15) is 0 Å². The molecule has 2 N–H and O–H groups in total. The van der Waals surface area contributed by atoms with Gasteiger partial charge in [-0.15, -0.1) is 0 Å². The summed E-state index contributed by atoms with van der Waals surface area (Å²) in [6, 6.07) is 0. The zero-order valence-electron chi connectivity index (χ0n) is 6.46. The first kappa shape index (κ1) is 13.3. The van der Waals surface area contributed by atoms with Gasteiger partial charge < -0.3 is 10.2 Å². The first-order valence-corrected chi connectivity index (χ1v) is 5.52. The Balaban J connectivity index is 4.13. The Hall–Kier alpha value is 1.32. The highest BCUT2D eigenvalue weighted by Crippen LogP contribution is 2.31. The maximum absolute atomic E-state index is 9.59. The summed E-state index contributed by atoms with van der Waals surface area (Å²) in [5.74, 6) is 0.443. The Morgan fingerprint density at radius 2 is 1.83 bits per heavy atom. The Labute approximate surface area is 94.8 Å². The normalized spacial score (nSPS) is 17.5. The average molecular weight is 246 g/mol. The molecule has 0 aromatic rings. The second kappa shape index (κ2) is 5.93. The van der Waals surface area contributed by atoms with Gasteiger partial charge in [0.15, 0.2) is 0 Å². The first-order valence-electron chi connectivity index (χ1n) is 3.48. The summed E-state index contributed by atoms with van der Waals surface area (Å²) in [5.41, 5.74) is 0. The molecule has 0 aromatic carbocycles. The number of rotatable bonds is 5. The van der Waals surface area contributed by atoms with Crippen LogP contribution >= 0.6 is 50.5 Å². The van der Waals surface area contributed by atoms with E-state index >= 15 is 0 Å². The highest BCUT2D eigenvalue weighted by atomic mass is 32.2. The zero-order valence-corrected chi connectivity index (χ0v) is 10.0. The van der Waals surface area contributed by atoms with E-state index in [2.05, 4.69) is 50.5 Å². The van der Waals surface area contributed by atoms with Crippen molar-refractivity contribution in [3.05, 3.63) is 0 Å². The van der Waals surface area contributed by atoms with E-state index in [0.29, 0.717) is 12.2 Å². The van der Waals surface area contributed by atoms with E-state index in [1.807, 2.05) is 0 Å². The van der Waals surface area contributed by atoms with Gasteiger partial charge in [-0.3, -0.25) is 0 Å². The number of hydrogen-bond acceptors (Lipinski definition) is 6. The maximum Gasteiger partial charge on any atom is 0.0897 e. The molecule has 0 aliphatic heterocycles. The van der Waals surface area contributed by atoms with E-state index in [1.165, 1.54) is 0 Å². The lowest BCUT2D eigenvalue weighted by Gasteiger charge is -2.30. The molecule has 2 unspecified atom stereocenters. The summed E-state index contributed by atoms with van der Waals surface area (Å²) in [6.07, 6.45) is -0.484. The summed E-state index contributed by atoms with van der Waals surface area (Å²) in [5, 5.41) is 18.0. The molecule has 0 heterocycles. The van der Waals surface area contributed by atoms with Crippen LogP contribution in [0.4, 0.5) is 0 Å². The van der Waals surface area contributed by atoms with Crippen molar-refractivity contribution < 1.29 is 10.2 Å². The third kappa shape index (κ3) is 4.02. The standard InChI is InChI=1S/C6H14O2S4/c7-2-1-6(11,12)5(8)4(10)3-9/h4-5,7-12H,1-3H2. The van der Waals surface area contributed by atoms with Crippen molar-refractivity contribution in [1.29, 1.82) is 0 Å². The van der Waals surface area contributed by atoms with E-state index in [0.717, 1.165) is 0 Å². The molecule has 0 amide bonds. The monoisotopic (exact) mass is 246 g/mol. The van der Waals surface area contributed by atoms with Gasteiger partial charge in [0, 0.05) is 17.6 Å². The Kier molecular flexibility index (Phi) is 6.58. The van der Waals surface area contributed by atoms with Crippen molar-refractivity contribution >= 4 is 50.5 Å². The molecule has 0 aliphatic rings. The molecule has 74 valence electrons. The van der Waals surface area contributed by atoms with Gasteiger partial charge in [-0.1, -0.05) is 0 Å². The molecular weight excluding hydrogens is 232 g/mol. The molecule has 0 aliphatic carbocycles. The molecule has 0 saturated carbocycles. The van der Waals surface area contributed by atoms with Gasteiger partial charge in [0.2, 0.25) is 0 Å². The molecule has 2 nitrogen and oxygen atoms in total. The van der Waals surface area contributed by atoms with Crippen LogP contribution < -0.4 is 0 Å². The van der Waals surface area contributed by atoms with Crippen molar-refractivity contribution in [1.82, 2.24) is 0 Å². The minimum absolute atomic E-state index is 0.0584. The number of thiol groups is 4. The van der Waals surface area contributed by atoms with E-state index in [-0.39, 0.29) is 11.9 Å². The fourth-order valence-corrected chi connectivity index (χ4v) is 1.97. The molecule has 6 heteroatoms. The molecule has 0 rings (SSSR count). The van der Waals surface area contributed by atoms with Crippen LogP contribution in [0.1, 0.15) is 6.42 Å². The smallest absolute Gasteiger partial charge is 0.0897 e. The molecule has 0 saturated heterocycles. The Morgan fingerprint density at radius 1 is 1.33 bits per heavy atom. The number of aliphatic hydroxyl groups excluding tert-OH is 2. The van der Waals surface area contributed by atoms with E-state index in [1.54, 1.807) is 0 Å². The van der Waals surface area contributed by atoms with Gasteiger partial charge >= 0.3 is 0 Å². The zero-order chi connectivity index (χ0) is 9.78. The minimum Gasteiger partial charge on any atom is -0.396 e. The second-order valence-electron chi connectivity index (χ2n) is 2.55. The molecular formula is C6H14O2S4. The van der Waals surface area contributed by atoms with Gasteiger partial charge in [-0.2, -0.15) is 50.5 Å². The SMILES string of the molecule is OCCC(S)(S)C(O)C(S)CS. The fourth-order valence-electron chi connectivity index (χ4n) is 0.720. The summed E-state index contributed by atoms with van der Waals surface area (Å²) in [6.45, 7) is -0.0584. The van der Waals surface area contributed by atoms with Crippen molar-refractivity contribution in [2.75, 3.05) is 12.4 Å². The minimum atomic E-state index is -0.899. The lowest BCUT2D eigenvalue weighted by Crippen LogP contribution is -2.40. The summed E-state index contributed by atoms with van der Waals surface area (Å²) in [7, 11) is 0. The summed E-state index contributed by atoms with van der Waals surface area (Å²) in [4.78, 5) is 0. The fraction of sp³-hybridized carbons (Fsp3) is 1.00. The van der Waals surface area contributed by atoms with Crippen LogP contribution in [0.3, 0.4) is 0 Å². The van der Waals surface area contributed by atoms with Crippen LogP contribution in [0.25, 0.3) is 0 Å². The third-order valence-electron chi connectivity index (χ3n) is 1.50. The van der Waals surface area contributed by atoms with E-state index < -0.39 is 10.2 Å². The summed E-state index contributed by atoms with van der Waals surface area (Å²) < 4.78 is -0.899.